The summed E-state index contributed by atoms with van der Waals surface area (Å²) >= 11 is 0. The highest BCUT2D eigenvalue weighted by Gasteiger charge is 2.40. The molecule has 1 atom stereocenters. The Bertz CT molecular complexity index is 636. The summed E-state index contributed by atoms with van der Waals surface area (Å²) in [4.78, 5) is 16.9. The van der Waals surface area contributed by atoms with Gasteiger partial charge in [0.1, 0.15) is 11.6 Å². The normalized spacial score (nSPS) is 24.2. The molecule has 152 valence electrons. The van der Waals surface area contributed by atoms with Crippen LogP contribution in [0.25, 0.3) is 0 Å². The summed E-state index contributed by atoms with van der Waals surface area (Å²) in [5, 5.41) is 3.79. The zero-order chi connectivity index (χ0) is 19.8. The quantitative estimate of drug-likeness (QED) is 0.869. The molecular formula is C21H37N5O. The lowest BCUT2D eigenvalue weighted by atomic mass is 9.71. The maximum Gasteiger partial charge on any atom is 0.229 e. The lowest BCUT2D eigenvalue weighted by Gasteiger charge is -2.48. The molecule has 6 heteroatoms. The molecule has 0 radical (unpaired) electrons. The van der Waals surface area contributed by atoms with E-state index in [1.807, 2.05) is 0 Å². The molecular weight excluding hydrogens is 338 g/mol. The molecule has 0 aliphatic carbocycles. The number of rotatable bonds is 4. The minimum Gasteiger partial charge on any atom is -0.378 e. The molecule has 1 aromatic heterocycles. The van der Waals surface area contributed by atoms with Crippen LogP contribution in [0.15, 0.2) is 0 Å². The van der Waals surface area contributed by atoms with Crippen molar-refractivity contribution < 1.29 is 4.74 Å². The fourth-order valence-electron chi connectivity index (χ4n) is 4.73. The third-order valence-electron chi connectivity index (χ3n) is 5.80. The number of anilines is 1. The molecule has 0 aromatic carbocycles. The number of nitrogens with zero attached hydrogens (tertiary/aromatic N) is 4. The summed E-state index contributed by atoms with van der Waals surface area (Å²) in [6.07, 6.45) is 2.26. The molecule has 2 aliphatic heterocycles. The topological polar surface area (TPSA) is 63.2 Å². The predicted molar refractivity (Wildman–Crippen MR) is 109 cm³/mol. The van der Waals surface area contributed by atoms with Gasteiger partial charge < -0.3 is 15.0 Å². The Labute approximate surface area is 164 Å². The van der Waals surface area contributed by atoms with Gasteiger partial charge in [0.2, 0.25) is 5.95 Å². The second kappa shape index (κ2) is 7.63. The van der Waals surface area contributed by atoms with E-state index in [2.05, 4.69) is 58.7 Å². The Morgan fingerprint density at radius 1 is 0.926 bits per heavy atom. The molecule has 0 amide bonds. The van der Waals surface area contributed by atoms with Gasteiger partial charge in [0.25, 0.3) is 0 Å². The number of aromatic nitrogens is 3. The second-order valence-electron chi connectivity index (χ2n) is 9.96. The van der Waals surface area contributed by atoms with Crippen molar-refractivity contribution in [2.75, 3.05) is 31.2 Å². The van der Waals surface area contributed by atoms with E-state index in [0.717, 1.165) is 56.7 Å². The third-order valence-corrected chi connectivity index (χ3v) is 5.80. The average Bonchev–Trinajstić information content (AvgIpc) is 2.58. The van der Waals surface area contributed by atoms with E-state index in [0.29, 0.717) is 17.8 Å². The van der Waals surface area contributed by atoms with Crippen molar-refractivity contribution >= 4 is 5.95 Å². The average molecular weight is 376 g/mol. The van der Waals surface area contributed by atoms with Crippen LogP contribution < -0.4 is 10.2 Å². The largest absolute Gasteiger partial charge is 0.378 e. The molecule has 2 saturated heterocycles. The van der Waals surface area contributed by atoms with Crippen molar-refractivity contribution in [1.29, 1.82) is 0 Å². The second-order valence-corrected chi connectivity index (χ2v) is 9.96. The van der Waals surface area contributed by atoms with Crippen LogP contribution in [-0.2, 0) is 4.74 Å². The van der Waals surface area contributed by atoms with Gasteiger partial charge in [-0.3, -0.25) is 0 Å². The molecule has 3 heterocycles. The van der Waals surface area contributed by atoms with E-state index < -0.39 is 0 Å². The van der Waals surface area contributed by atoms with Gasteiger partial charge in [0, 0.05) is 36.0 Å². The van der Waals surface area contributed by atoms with Crippen LogP contribution in [0, 0.1) is 5.92 Å². The van der Waals surface area contributed by atoms with Crippen molar-refractivity contribution in [3.05, 3.63) is 11.6 Å². The fraction of sp³-hybridized carbons (Fsp3) is 0.857. The van der Waals surface area contributed by atoms with E-state index in [9.17, 15) is 0 Å². The molecule has 0 spiro atoms. The number of hydrogen-bond donors (Lipinski definition) is 1. The SMILES string of the molecule is CC(C)c1nc(C(C)C2CC(C)(C)NC(C)(C)C2)nc(N2CCOCC2)n1. The molecule has 27 heavy (non-hydrogen) atoms. The fourth-order valence-corrected chi connectivity index (χ4v) is 4.73. The van der Waals surface area contributed by atoms with Gasteiger partial charge in [-0.15, -0.1) is 0 Å². The first-order valence-electron chi connectivity index (χ1n) is 10.4. The first-order chi connectivity index (χ1) is 12.6. The lowest BCUT2D eigenvalue weighted by Crippen LogP contribution is -2.58. The smallest absolute Gasteiger partial charge is 0.229 e. The van der Waals surface area contributed by atoms with Crippen molar-refractivity contribution in [1.82, 2.24) is 20.3 Å². The Balaban J connectivity index is 1.91. The highest BCUT2D eigenvalue weighted by atomic mass is 16.5. The molecule has 2 fully saturated rings. The van der Waals surface area contributed by atoms with Gasteiger partial charge in [-0.2, -0.15) is 9.97 Å². The molecule has 0 saturated carbocycles. The first kappa shape index (κ1) is 20.5. The summed E-state index contributed by atoms with van der Waals surface area (Å²) in [6.45, 7) is 19.0. The zero-order valence-electron chi connectivity index (χ0n) is 18.2. The van der Waals surface area contributed by atoms with Crippen LogP contribution in [0.5, 0.6) is 0 Å². The van der Waals surface area contributed by atoms with Crippen LogP contribution in [-0.4, -0.2) is 52.3 Å². The summed E-state index contributed by atoms with van der Waals surface area (Å²) < 4.78 is 5.50. The van der Waals surface area contributed by atoms with Crippen LogP contribution >= 0.6 is 0 Å². The number of ether oxygens (including phenoxy) is 1. The Hall–Kier alpha value is -1.27. The monoisotopic (exact) mass is 375 g/mol. The van der Waals surface area contributed by atoms with Crippen molar-refractivity contribution in [2.45, 2.75) is 84.2 Å². The minimum absolute atomic E-state index is 0.127. The van der Waals surface area contributed by atoms with Crippen LogP contribution in [0.3, 0.4) is 0 Å². The lowest BCUT2D eigenvalue weighted by molar-refractivity contribution is 0.113. The maximum atomic E-state index is 5.50. The number of morpholine rings is 1. The Kier molecular flexibility index (Phi) is 5.78. The van der Waals surface area contributed by atoms with E-state index >= 15 is 0 Å². The molecule has 1 aromatic rings. The summed E-state index contributed by atoms with van der Waals surface area (Å²) in [5.74, 6) is 3.84. The molecule has 6 nitrogen and oxygen atoms in total. The van der Waals surface area contributed by atoms with Gasteiger partial charge in [-0.25, -0.2) is 4.98 Å². The third kappa shape index (κ3) is 4.96. The molecule has 0 bridgehead atoms. The maximum absolute atomic E-state index is 5.50. The van der Waals surface area contributed by atoms with E-state index in [1.165, 1.54) is 0 Å². The van der Waals surface area contributed by atoms with Crippen molar-refractivity contribution in [3.63, 3.8) is 0 Å². The minimum atomic E-state index is 0.127. The van der Waals surface area contributed by atoms with E-state index in [-0.39, 0.29) is 11.1 Å². The van der Waals surface area contributed by atoms with E-state index in [1.54, 1.807) is 0 Å². The van der Waals surface area contributed by atoms with Crippen LogP contribution in [0.1, 0.15) is 84.8 Å². The molecule has 1 unspecified atom stereocenters. The van der Waals surface area contributed by atoms with E-state index in [4.69, 9.17) is 19.7 Å². The molecule has 3 rings (SSSR count). The predicted octanol–water partition coefficient (Wildman–Crippen LogP) is 3.49. The number of piperidine rings is 1. The summed E-state index contributed by atoms with van der Waals surface area (Å²) in [6, 6.07) is 0. The Morgan fingerprint density at radius 2 is 1.48 bits per heavy atom. The standard InChI is InChI=1S/C21H37N5O/c1-14(2)17-22-18(24-19(23-17)26-8-10-27-11-9-26)15(3)16-12-20(4,5)25-21(6,7)13-16/h14-16,25H,8-13H2,1-7H3. The highest BCUT2D eigenvalue weighted by molar-refractivity contribution is 5.31. The van der Waals surface area contributed by atoms with Gasteiger partial charge in [-0.05, 0) is 46.5 Å². The zero-order valence-corrected chi connectivity index (χ0v) is 18.2. The number of hydrogen-bond acceptors (Lipinski definition) is 6. The van der Waals surface area contributed by atoms with Crippen molar-refractivity contribution in [3.8, 4) is 0 Å². The van der Waals surface area contributed by atoms with Gasteiger partial charge >= 0.3 is 0 Å². The van der Waals surface area contributed by atoms with Gasteiger partial charge in [-0.1, -0.05) is 20.8 Å². The summed E-state index contributed by atoms with van der Waals surface area (Å²) in [5.41, 5.74) is 0.253. The first-order valence-corrected chi connectivity index (χ1v) is 10.4. The van der Waals surface area contributed by atoms with Crippen LogP contribution in [0.4, 0.5) is 5.95 Å². The van der Waals surface area contributed by atoms with Gasteiger partial charge in [0.05, 0.1) is 13.2 Å². The Morgan fingerprint density at radius 3 is 2.04 bits per heavy atom. The van der Waals surface area contributed by atoms with Gasteiger partial charge in [0.15, 0.2) is 0 Å². The molecule has 1 N–H and O–H groups in total. The molecule has 2 aliphatic rings. The number of nitrogens with one attached hydrogen (secondary N) is 1. The van der Waals surface area contributed by atoms with Crippen LogP contribution in [0.2, 0.25) is 0 Å². The summed E-state index contributed by atoms with van der Waals surface area (Å²) in [7, 11) is 0. The van der Waals surface area contributed by atoms with Crippen molar-refractivity contribution in [2.24, 2.45) is 5.92 Å². The highest BCUT2D eigenvalue weighted by Crippen LogP contribution is 2.40.